The molecule has 1 fully saturated rings. The van der Waals surface area contributed by atoms with Crippen LogP contribution in [-0.4, -0.2) is 28.9 Å². The number of likely N-dealkylation sites (tertiary alicyclic amines) is 1. The number of carbonyl (C=O) groups excluding carboxylic acids is 1. The van der Waals surface area contributed by atoms with E-state index in [0.29, 0.717) is 5.92 Å². The summed E-state index contributed by atoms with van der Waals surface area (Å²) in [5, 5.41) is 0. The zero-order chi connectivity index (χ0) is 12.3. The van der Waals surface area contributed by atoms with Crippen LogP contribution in [0.5, 0.6) is 0 Å². The Morgan fingerprint density at radius 3 is 3.06 bits per heavy atom. The number of amides is 1. The van der Waals surface area contributed by atoms with Crippen LogP contribution in [0.2, 0.25) is 0 Å². The summed E-state index contributed by atoms with van der Waals surface area (Å²) >= 11 is 3.43. The molecule has 3 nitrogen and oxygen atoms in total. The number of aromatic nitrogens is 1. The van der Waals surface area contributed by atoms with Crippen LogP contribution < -0.4 is 0 Å². The molecule has 1 atom stereocenters. The summed E-state index contributed by atoms with van der Waals surface area (Å²) in [6, 6.07) is 2.12. The molecule has 92 valence electrons. The van der Waals surface area contributed by atoms with Crippen molar-refractivity contribution < 1.29 is 4.79 Å². The van der Waals surface area contributed by atoms with E-state index in [1.165, 1.54) is 5.56 Å². The first-order valence-corrected chi connectivity index (χ1v) is 6.79. The molecule has 0 bridgehead atoms. The predicted molar refractivity (Wildman–Crippen MR) is 70.6 cm³/mol. The van der Waals surface area contributed by atoms with Crippen molar-refractivity contribution >= 4 is 21.8 Å². The second-order valence-corrected chi connectivity index (χ2v) is 5.59. The highest BCUT2D eigenvalue weighted by atomic mass is 79.9. The third kappa shape index (κ3) is 3.53. The highest BCUT2D eigenvalue weighted by molar-refractivity contribution is 9.10. The van der Waals surface area contributed by atoms with E-state index in [9.17, 15) is 4.79 Å². The second kappa shape index (κ2) is 5.63. The van der Waals surface area contributed by atoms with Crippen LogP contribution >= 0.6 is 15.9 Å². The van der Waals surface area contributed by atoms with Gasteiger partial charge in [-0.3, -0.25) is 9.78 Å². The highest BCUT2D eigenvalue weighted by Crippen LogP contribution is 2.22. The van der Waals surface area contributed by atoms with Gasteiger partial charge in [0.1, 0.15) is 0 Å². The van der Waals surface area contributed by atoms with Crippen LogP contribution in [0.15, 0.2) is 22.9 Å². The Labute approximate surface area is 110 Å². The van der Waals surface area contributed by atoms with Crippen molar-refractivity contribution in [3.05, 3.63) is 28.5 Å². The summed E-state index contributed by atoms with van der Waals surface area (Å²) in [5.41, 5.74) is 1.26. The molecule has 1 amide bonds. The molecule has 4 heteroatoms. The van der Waals surface area contributed by atoms with E-state index in [2.05, 4.69) is 27.0 Å². The van der Waals surface area contributed by atoms with Gasteiger partial charge >= 0.3 is 0 Å². The van der Waals surface area contributed by atoms with E-state index in [4.69, 9.17) is 0 Å². The smallest absolute Gasteiger partial charge is 0.219 e. The fraction of sp³-hybridized carbons (Fsp3) is 0.538. The molecular weight excluding hydrogens is 280 g/mol. The SMILES string of the molecule is CC(=O)N1CC[C@@H](CCc2cncc(Br)c2)C1. The molecule has 0 N–H and O–H groups in total. The molecular formula is C13H17BrN2O. The molecule has 0 aliphatic carbocycles. The summed E-state index contributed by atoms with van der Waals surface area (Å²) in [6.07, 6.45) is 7.05. The normalized spacial score (nSPS) is 19.6. The minimum absolute atomic E-state index is 0.205. The lowest BCUT2D eigenvalue weighted by molar-refractivity contribution is -0.127. The molecule has 1 aromatic rings. The molecule has 0 saturated carbocycles. The van der Waals surface area contributed by atoms with E-state index in [1.54, 1.807) is 13.1 Å². The van der Waals surface area contributed by atoms with Crippen LogP contribution in [0.3, 0.4) is 0 Å². The lowest BCUT2D eigenvalue weighted by Gasteiger charge is -2.13. The third-order valence-electron chi connectivity index (χ3n) is 3.33. The fourth-order valence-electron chi connectivity index (χ4n) is 2.32. The first-order chi connectivity index (χ1) is 8.15. The lowest BCUT2D eigenvalue weighted by Crippen LogP contribution is -2.25. The minimum Gasteiger partial charge on any atom is -0.343 e. The molecule has 0 radical (unpaired) electrons. The standard InChI is InChI=1S/C13H17BrN2O/c1-10(17)16-5-4-11(9-16)2-3-12-6-13(14)8-15-7-12/h6-8,11H,2-5,9H2,1H3/t11-/m1/s1. The van der Waals surface area contributed by atoms with E-state index < -0.39 is 0 Å². The molecule has 1 saturated heterocycles. The first-order valence-electron chi connectivity index (χ1n) is 6.00. The van der Waals surface area contributed by atoms with Gasteiger partial charge in [0.05, 0.1) is 0 Å². The summed E-state index contributed by atoms with van der Waals surface area (Å²) in [5.74, 6) is 0.856. The minimum atomic E-state index is 0.205. The average molecular weight is 297 g/mol. The molecule has 1 aromatic heterocycles. The van der Waals surface area contributed by atoms with Gasteiger partial charge in [0, 0.05) is 36.9 Å². The molecule has 2 heterocycles. The number of aryl methyl sites for hydroxylation is 1. The Bertz CT molecular complexity index is 408. The molecule has 1 aliphatic rings. The van der Waals surface area contributed by atoms with Crippen molar-refractivity contribution in [1.82, 2.24) is 9.88 Å². The summed E-state index contributed by atoms with van der Waals surface area (Å²) in [4.78, 5) is 17.3. The van der Waals surface area contributed by atoms with Crippen LogP contribution in [0.25, 0.3) is 0 Å². The van der Waals surface area contributed by atoms with Crippen LogP contribution in [0.1, 0.15) is 25.3 Å². The number of carbonyl (C=O) groups is 1. The zero-order valence-electron chi connectivity index (χ0n) is 10.0. The van der Waals surface area contributed by atoms with E-state index in [1.807, 2.05) is 11.1 Å². The van der Waals surface area contributed by atoms with E-state index in [-0.39, 0.29) is 5.91 Å². The topological polar surface area (TPSA) is 33.2 Å². The maximum Gasteiger partial charge on any atom is 0.219 e. The number of hydrogen-bond acceptors (Lipinski definition) is 2. The van der Waals surface area contributed by atoms with Gasteiger partial charge in [-0.25, -0.2) is 0 Å². The molecule has 0 aromatic carbocycles. The van der Waals surface area contributed by atoms with Gasteiger partial charge in [0.15, 0.2) is 0 Å². The van der Waals surface area contributed by atoms with Crippen molar-refractivity contribution in [3.63, 3.8) is 0 Å². The lowest BCUT2D eigenvalue weighted by atomic mass is 10.00. The Morgan fingerprint density at radius 2 is 2.41 bits per heavy atom. The number of nitrogens with zero attached hydrogens (tertiary/aromatic N) is 2. The molecule has 1 aliphatic heterocycles. The van der Waals surface area contributed by atoms with Crippen LogP contribution in [0.4, 0.5) is 0 Å². The Kier molecular flexibility index (Phi) is 4.15. The van der Waals surface area contributed by atoms with Gasteiger partial charge in [0.25, 0.3) is 0 Å². The average Bonchev–Trinajstić information content (AvgIpc) is 2.75. The van der Waals surface area contributed by atoms with E-state index >= 15 is 0 Å². The molecule has 2 rings (SSSR count). The fourth-order valence-corrected chi connectivity index (χ4v) is 2.73. The van der Waals surface area contributed by atoms with Crippen molar-refractivity contribution in [1.29, 1.82) is 0 Å². The maximum absolute atomic E-state index is 11.2. The second-order valence-electron chi connectivity index (χ2n) is 4.67. The van der Waals surface area contributed by atoms with Gasteiger partial charge in [-0.1, -0.05) is 0 Å². The first kappa shape index (κ1) is 12.6. The summed E-state index contributed by atoms with van der Waals surface area (Å²) < 4.78 is 1.03. The zero-order valence-corrected chi connectivity index (χ0v) is 11.6. The number of pyridine rings is 1. The van der Waals surface area contributed by atoms with Gasteiger partial charge < -0.3 is 4.90 Å². The van der Waals surface area contributed by atoms with E-state index in [0.717, 1.165) is 36.8 Å². The van der Waals surface area contributed by atoms with Crippen LogP contribution in [0, 0.1) is 5.92 Å². The summed E-state index contributed by atoms with van der Waals surface area (Å²) in [6.45, 7) is 3.51. The molecule has 0 unspecified atom stereocenters. The van der Waals surface area contributed by atoms with Crippen molar-refractivity contribution in [2.45, 2.75) is 26.2 Å². The van der Waals surface area contributed by atoms with Gasteiger partial charge in [-0.05, 0) is 52.7 Å². The van der Waals surface area contributed by atoms with Crippen molar-refractivity contribution in [3.8, 4) is 0 Å². The number of hydrogen-bond donors (Lipinski definition) is 0. The quantitative estimate of drug-likeness (QED) is 0.859. The Balaban J connectivity index is 1.82. The highest BCUT2D eigenvalue weighted by Gasteiger charge is 2.23. The van der Waals surface area contributed by atoms with Crippen molar-refractivity contribution in [2.24, 2.45) is 5.92 Å². The largest absolute Gasteiger partial charge is 0.343 e. The number of rotatable bonds is 3. The predicted octanol–water partition coefficient (Wildman–Crippen LogP) is 2.65. The summed E-state index contributed by atoms with van der Waals surface area (Å²) in [7, 11) is 0. The monoisotopic (exact) mass is 296 g/mol. The van der Waals surface area contributed by atoms with Crippen molar-refractivity contribution in [2.75, 3.05) is 13.1 Å². The van der Waals surface area contributed by atoms with Gasteiger partial charge in [-0.2, -0.15) is 0 Å². The van der Waals surface area contributed by atoms with Gasteiger partial charge in [0.2, 0.25) is 5.91 Å². The molecule has 0 spiro atoms. The van der Waals surface area contributed by atoms with Crippen LogP contribution in [-0.2, 0) is 11.2 Å². The maximum atomic E-state index is 11.2. The Hall–Kier alpha value is -0.900. The number of halogens is 1. The van der Waals surface area contributed by atoms with Gasteiger partial charge in [-0.15, -0.1) is 0 Å². The molecule has 17 heavy (non-hydrogen) atoms. The Morgan fingerprint density at radius 1 is 1.59 bits per heavy atom. The third-order valence-corrected chi connectivity index (χ3v) is 3.77.